The molecule has 0 radical (unpaired) electrons. The summed E-state index contributed by atoms with van der Waals surface area (Å²) in [5.41, 5.74) is -0.274. The first-order valence-corrected chi connectivity index (χ1v) is 7.13. The van der Waals surface area contributed by atoms with E-state index in [9.17, 15) is 18.0 Å². The average Bonchev–Trinajstić information content (AvgIpc) is 2.58. The molecule has 0 heterocycles. The lowest BCUT2D eigenvalue weighted by molar-refractivity contribution is 0.0984. The minimum absolute atomic E-state index is 0.0591. The molecule has 0 aliphatic heterocycles. The van der Waals surface area contributed by atoms with Crippen LogP contribution in [0, 0.1) is 29.8 Å². The summed E-state index contributed by atoms with van der Waals surface area (Å²) in [7, 11) is 0. The number of Topliss-reactive ketones (excluding diaryl/α,β-unsaturated/α-hetero) is 1. The van der Waals surface area contributed by atoms with Gasteiger partial charge >= 0.3 is 0 Å². The highest BCUT2D eigenvalue weighted by molar-refractivity contribution is 6.02. The van der Waals surface area contributed by atoms with Crippen LogP contribution < -0.4 is 5.32 Å². The Kier molecular flexibility index (Phi) is 5.43. The standard InChI is InChI=1S/C19H14F3NO/c1-3-5-6-17(24)13-8-9-14(20)18(22)19(13)23-16-10-7-12(4-2)11-15(16)21/h2-3,7-11,23H,1,5-6H2. The first kappa shape index (κ1) is 17.4. The van der Waals surface area contributed by atoms with Gasteiger partial charge in [-0.3, -0.25) is 4.79 Å². The van der Waals surface area contributed by atoms with E-state index in [1.165, 1.54) is 18.2 Å². The first-order valence-electron chi connectivity index (χ1n) is 7.13. The maximum atomic E-state index is 14.1. The summed E-state index contributed by atoms with van der Waals surface area (Å²) < 4.78 is 41.7. The number of carbonyl (C=O) groups is 1. The second-order valence-electron chi connectivity index (χ2n) is 5.00. The Morgan fingerprint density at radius 2 is 1.96 bits per heavy atom. The van der Waals surface area contributed by atoms with E-state index in [4.69, 9.17) is 6.42 Å². The predicted molar refractivity (Wildman–Crippen MR) is 87.7 cm³/mol. The Balaban J connectivity index is 2.45. The second kappa shape index (κ2) is 7.51. The molecule has 0 fully saturated rings. The fourth-order valence-corrected chi connectivity index (χ4v) is 2.11. The number of halogens is 3. The van der Waals surface area contributed by atoms with E-state index in [0.29, 0.717) is 12.0 Å². The number of nitrogens with one attached hydrogen (secondary N) is 1. The van der Waals surface area contributed by atoms with Crippen molar-refractivity contribution in [3.63, 3.8) is 0 Å². The zero-order chi connectivity index (χ0) is 17.7. The van der Waals surface area contributed by atoms with Gasteiger partial charge in [0.05, 0.1) is 11.4 Å². The molecule has 0 bridgehead atoms. The van der Waals surface area contributed by atoms with Crippen LogP contribution >= 0.6 is 0 Å². The highest BCUT2D eigenvalue weighted by atomic mass is 19.2. The quantitative estimate of drug-likeness (QED) is 0.460. The number of ketones is 1. The summed E-state index contributed by atoms with van der Waals surface area (Å²) >= 11 is 0. The molecule has 0 aromatic heterocycles. The van der Waals surface area contributed by atoms with Crippen LogP contribution in [0.2, 0.25) is 0 Å². The van der Waals surface area contributed by atoms with Crippen molar-refractivity contribution in [2.45, 2.75) is 12.8 Å². The van der Waals surface area contributed by atoms with Crippen molar-refractivity contribution in [2.24, 2.45) is 0 Å². The highest BCUT2D eigenvalue weighted by Crippen LogP contribution is 2.29. The predicted octanol–water partition coefficient (Wildman–Crippen LogP) is 4.98. The van der Waals surface area contributed by atoms with Crippen molar-refractivity contribution in [3.8, 4) is 12.3 Å². The number of rotatable bonds is 6. The van der Waals surface area contributed by atoms with Crippen molar-refractivity contribution in [1.29, 1.82) is 0 Å². The number of terminal acetylenes is 1. The van der Waals surface area contributed by atoms with Gasteiger partial charge in [0.25, 0.3) is 0 Å². The summed E-state index contributed by atoms with van der Waals surface area (Å²) in [4.78, 5) is 12.2. The molecule has 2 rings (SSSR count). The largest absolute Gasteiger partial charge is 0.350 e. The molecule has 0 unspecified atom stereocenters. The number of allylic oxidation sites excluding steroid dienone is 1. The normalized spacial score (nSPS) is 10.1. The van der Waals surface area contributed by atoms with Gasteiger partial charge in [-0.25, -0.2) is 13.2 Å². The minimum Gasteiger partial charge on any atom is -0.350 e. The first-order chi connectivity index (χ1) is 11.5. The van der Waals surface area contributed by atoms with E-state index in [-0.39, 0.29) is 17.7 Å². The monoisotopic (exact) mass is 329 g/mol. The smallest absolute Gasteiger partial charge is 0.182 e. The van der Waals surface area contributed by atoms with E-state index in [1.807, 2.05) is 0 Å². The molecule has 0 aliphatic carbocycles. The summed E-state index contributed by atoms with van der Waals surface area (Å²) in [6.45, 7) is 3.51. The molecule has 0 atom stereocenters. The van der Waals surface area contributed by atoms with Gasteiger partial charge < -0.3 is 5.32 Å². The van der Waals surface area contributed by atoms with Crippen LogP contribution in [0.5, 0.6) is 0 Å². The van der Waals surface area contributed by atoms with Crippen molar-refractivity contribution in [1.82, 2.24) is 0 Å². The van der Waals surface area contributed by atoms with Crippen molar-refractivity contribution < 1.29 is 18.0 Å². The lowest BCUT2D eigenvalue weighted by Gasteiger charge is -2.13. The van der Waals surface area contributed by atoms with Crippen LogP contribution in [-0.4, -0.2) is 5.78 Å². The molecular weight excluding hydrogens is 315 g/mol. The Bertz CT molecular complexity index is 837. The van der Waals surface area contributed by atoms with Crippen LogP contribution in [0.3, 0.4) is 0 Å². The molecule has 0 spiro atoms. The van der Waals surface area contributed by atoms with Crippen LogP contribution in [0.25, 0.3) is 0 Å². The molecule has 2 aromatic rings. The Morgan fingerprint density at radius 1 is 1.21 bits per heavy atom. The van der Waals surface area contributed by atoms with E-state index >= 15 is 0 Å². The van der Waals surface area contributed by atoms with Gasteiger partial charge in [0.15, 0.2) is 17.4 Å². The Morgan fingerprint density at radius 3 is 2.58 bits per heavy atom. The zero-order valence-corrected chi connectivity index (χ0v) is 12.7. The topological polar surface area (TPSA) is 29.1 Å². The fraction of sp³-hybridized carbons (Fsp3) is 0.105. The van der Waals surface area contributed by atoms with Crippen molar-refractivity contribution in [2.75, 3.05) is 5.32 Å². The molecule has 0 amide bonds. The van der Waals surface area contributed by atoms with Gasteiger partial charge in [0.1, 0.15) is 5.82 Å². The van der Waals surface area contributed by atoms with E-state index in [1.54, 1.807) is 6.08 Å². The van der Waals surface area contributed by atoms with Gasteiger partial charge in [-0.05, 0) is 36.8 Å². The maximum Gasteiger partial charge on any atom is 0.182 e. The molecule has 24 heavy (non-hydrogen) atoms. The van der Waals surface area contributed by atoms with Crippen LogP contribution in [-0.2, 0) is 0 Å². The molecule has 1 N–H and O–H groups in total. The summed E-state index contributed by atoms with van der Waals surface area (Å²) in [6.07, 6.45) is 7.20. The van der Waals surface area contributed by atoms with E-state index in [2.05, 4.69) is 17.8 Å². The van der Waals surface area contributed by atoms with Gasteiger partial charge in [0, 0.05) is 17.5 Å². The lowest BCUT2D eigenvalue weighted by Crippen LogP contribution is -2.08. The Hall–Kier alpha value is -3.00. The van der Waals surface area contributed by atoms with Crippen molar-refractivity contribution in [3.05, 3.63) is 71.6 Å². The highest BCUT2D eigenvalue weighted by Gasteiger charge is 2.19. The summed E-state index contributed by atoms with van der Waals surface area (Å²) in [5.74, 6) is -1.27. The molecule has 122 valence electrons. The number of carbonyl (C=O) groups excluding carboxylic acids is 1. The van der Waals surface area contributed by atoms with Gasteiger partial charge in [-0.1, -0.05) is 12.0 Å². The summed E-state index contributed by atoms with van der Waals surface area (Å²) in [6, 6.07) is 5.85. The number of hydrogen-bond acceptors (Lipinski definition) is 2. The third kappa shape index (κ3) is 3.66. The van der Waals surface area contributed by atoms with Gasteiger partial charge in [-0.15, -0.1) is 13.0 Å². The SMILES string of the molecule is C#Cc1ccc(Nc2c(C(=O)CCC=C)ccc(F)c2F)c(F)c1. The molecule has 0 saturated heterocycles. The number of benzene rings is 2. The fourth-order valence-electron chi connectivity index (χ4n) is 2.11. The van der Waals surface area contributed by atoms with Gasteiger partial charge in [0.2, 0.25) is 0 Å². The second-order valence-corrected chi connectivity index (χ2v) is 5.00. The van der Waals surface area contributed by atoms with E-state index < -0.39 is 28.9 Å². The zero-order valence-electron chi connectivity index (χ0n) is 12.7. The van der Waals surface area contributed by atoms with Crippen LogP contribution in [0.4, 0.5) is 24.5 Å². The third-order valence-electron chi connectivity index (χ3n) is 3.37. The maximum absolute atomic E-state index is 14.1. The minimum atomic E-state index is -1.25. The molecular formula is C19H14F3NO. The molecule has 2 nitrogen and oxygen atoms in total. The van der Waals surface area contributed by atoms with E-state index in [0.717, 1.165) is 12.1 Å². The molecule has 5 heteroatoms. The van der Waals surface area contributed by atoms with Crippen molar-refractivity contribution >= 4 is 17.2 Å². The molecule has 2 aromatic carbocycles. The Labute approximate surface area is 138 Å². The molecule has 0 aliphatic rings. The molecule has 0 saturated carbocycles. The third-order valence-corrected chi connectivity index (χ3v) is 3.37. The summed E-state index contributed by atoms with van der Waals surface area (Å²) in [5, 5.41) is 2.45. The lowest BCUT2D eigenvalue weighted by atomic mass is 10.0. The van der Waals surface area contributed by atoms with Crippen LogP contribution in [0.1, 0.15) is 28.8 Å². The van der Waals surface area contributed by atoms with Crippen LogP contribution in [0.15, 0.2) is 43.0 Å². The average molecular weight is 329 g/mol. The number of anilines is 2. The van der Waals surface area contributed by atoms with Gasteiger partial charge in [-0.2, -0.15) is 0 Å². The number of hydrogen-bond donors (Lipinski definition) is 1.